The van der Waals surface area contributed by atoms with E-state index in [1.165, 1.54) is 18.9 Å². The summed E-state index contributed by atoms with van der Waals surface area (Å²) in [6, 6.07) is 4.93. The van der Waals surface area contributed by atoms with Gasteiger partial charge in [-0.1, -0.05) is 0 Å². The molecule has 0 spiro atoms. The molecule has 126 valence electrons. The number of ether oxygens (including phenoxy) is 1. The summed E-state index contributed by atoms with van der Waals surface area (Å²) >= 11 is 0. The molecule has 1 aromatic rings. The first-order chi connectivity index (χ1) is 10.7. The van der Waals surface area contributed by atoms with E-state index in [-0.39, 0.29) is 36.5 Å². The maximum atomic E-state index is 12.1. The first-order valence-corrected chi connectivity index (χ1v) is 8.67. The maximum Gasteiger partial charge on any atom is 0.227 e. The molecule has 0 aromatic heterocycles. The van der Waals surface area contributed by atoms with E-state index >= 15 is 0 Å². The second kappa shape index (κ2) is 6.55. The minimum absolute atomic E-state index is 0.131. The summed E-state index contributed by atoms with van der Waals surface area (Å²) in [6.45, 7) is 1.66. The van der Waals surface area contributed by atoms with Crippen molar-refractivity contribution in [2.24, 2.45) is 11.1 Å². The monoisotopic (exact) mass is 341 g/mol. The van der Waals surface area contributed by atoms with Crippen molar-refractivity contribution in [2.45, 2.75) is 13.3 Å². The molecule has 1 saturated heterocycles. The average molecular weight is 341 g/mol. The van der Waals surface area contributed by atoms with Gasteiger partial charge in [-0.2, -0.15) is 0 Å². The molecular formula is C14H19N3O5S. The number of nitrogens with one attached hydrogen (secondary N) is 1. The molecule has 1 aliphatic heterocycles. The van der Waals surface area contributed by atoms with E-state index in [0.29, 0.717) is 17.1 Å². The minimum atomic E-state index is -3.62. The lowest BCUT2D eigenvalue weighted by molar-refractivity contribution is -0.117. The highest BCUT2D eigenvalue weighted by Gasteiger charge is 2.33. The Labute approximate surface area is 134 Å². The molecule has 1 aliphatic rings. The van der Waals surface area contributed by atoms with Gasteiger partial charge in [-0.3, -0.25) is 9.59 Å². The van der Waals surface area contributed by atoms with Crippen molar-refractivity contribution in [3.05, 3.63) is 18.2 Å². The molecule has 1 heterocycles. The van der Waals surface area contributed by atoms with Crippen LogP contribution in [0.25, 0.3) is 0 Å². The number of sulfonamides is 1. The Kier molecular flexibility index (Phi) is 4.90. The molecule has 2 rings (SSSR count). The predicted molar refractivity (Wildman–Crippen MR) is 85.7 cm³/mol. The lowest BCUT2D eigenvalue weighted by atomic mass is 10.1. The van der Waals surface area contributed by atoms with E-state index in [1.54, 1.807) is 18.2 Å². The van der Waals surface area contributed by atoms with Crippen LogP contribution in [0.3, 0.4) is 0 Å². The number of carbonyl (C=O) groups is 2. The third-order valence-electron chi connectivity index (χ3n) is 3.48. The van der Waals surface area contributed by atoms with Crippen LogP contribution in [-0.4, -0.2) is 39.6 Å². The van der Waals surface area contributed by atoms with E-state index in [4.69, 9.17) is 9.88 Å². The van der Waals surface area contributed by atoms with Gasteiger partial charge >= 0.3 is 0 Å². The molecule has 1 fully saturated rings. The molecule has 0 aliphatic carbocycles. The van der Waals surface area contributed by atoms with Crippen LogP contribution < -0.4 is 20.1 Å². The van der Waals surface area contributed by atoms with Crippen molar-refractivity contribution < 1.29 is 22.7 Å². The lowest BCUT2D eigenvalue weighted by Crippen LogP contribution is -2.27. The number of hydrogen-bond donors (Lipinski definition) is 2. The van der Waals surface area contributed by atoms with Crippen molar-refractivity contribution in [3.8, 4) is 5.75 Å². The van der Waals surface area contributed by atoms with Crippen molar-refractivity contribution in [1.29, 1.82) is 0 Å². The number of primary sulfonamides is 1. The number of carbonyl (C=O) groups excluding carboxylic acids is 2. The highest BCUT2D eigenvalue weighted by molar-refractivity contribution is 7.89. The summed E-state index contributed by atoms with van der Waals surface area (Å²) < 4.78 is 27.6. The lowest BCUT2D eigenvalue weighted by Gasteiger charge is -2.19. The standard InChI is InChI=1S/C14H19N3O5S/c1-9(18)16-12-4-3-11(6-13(12)22-2)17-7-10(5-14(17)19)8-23(15,20)21/h3-4,6,10H,5,7-8H2,1-2H3,(H,16,18)(H2,15,20,21). The molecule has 0 saturated carbocycles. The van der Waals surface area contributed by atoms with Gasteiger partial charge < -0.3 is 15.0 Å². The van der Waals surface area contributed by atoms with Crippen molar-refractivity contribution in [3.63, 3.8) is 0 Å². The Morgan fingerprint density at radius 3 is 2.74 bits per heavy atom. The number of nitrogens with zero attached hydrogens (tertiary/aromatic N) is 1. The van der Waals surface area contributed by atoms with Crippen LogP contribution in [-0.2, 0) is 19.6 Å². The van der Waals surface area contributed by atoms with Crippen molar-refractivity contribution in [1.82, 2.24) is 0 Å². The summed E-state index contributed by atoms with van der Waals surface area (Å²) in [4.78, 5) is 24.8. The van der Waals surface area contributed by atoms with Crippen molar-refractivity contribution >= 4 is 33.2 Å². The van der Waals surface area contributed by atoms with Crippen molar-refractivity contribution in [2.75, 3.05) is 29.6 Å². The second-order valence-corrected chi connectivity index (χ2v) is 7.13. The zero-order valence-corrected chi connectivity index (χ0v) is 13.7. The first kappa shape index (κ1) is 17.2. The molecule has 1 atom stereocenters. The van der Waals surface area contributed by atoms with Crippen LogP contribution in [0.2, 0.25) is 0 Å². The van der Waals surface area contributed by atoms with E-state index < -0.39 is 10.0 Å². The first-order valence-electron chi connectivity index (χ1n) is 6.96. The summed E-state index contributed by atoms with van der Waals surface area (Å²) in [5, 5.41) is 7.67. The van der Waals surface area contributed by atoms with Gasteiger partial charge in [-0.25, -0.2) is 13.6 Å². The van der Waals surface area contributed by atoms with Gasteiger partial charge in [-0.05, 0) is 12.1 Å². The normalized spacial score (nSPS) is 18.1. The summed E-state index contributed by atoms with van der Waals surface area (Å²) in [5.74, 6) is -0.551. The fraction of sp³-hybridized carbons (Fsp3) is 0.429. The van der Waals surface area contributed by atoms with Gasteiger partial charge in [0.2, 0.25) is 21.8 Å². The Bertz CT molecular complexity index is 732. The molecule has 0 radical (unpaired) electrons. The molecule has 2 amide bonds. The van der Waals surface area contributed by atoms with E-state index in [1.807, 2.05) is 0 Å². The van der Waals surface area contributed by atoms with Crippen LogP contribution in [0.4, 0.5) is 11.4 Å². The summed E-state index contributed by atoms with van der Waals surface area (Å²) in [5.41, 5.74) is 1.08. The molecule has 3 N–H and O–H groups in total. The third-order valence-corrected chi connectivity index (χ3v) is 4.42. The Morgan fingerprint density at radius 1 is 1.48 bits per heavy atom. The van der Waals surface area contributed by atoms with Crippen LogP contribution in [0.15, 0.2) is 18.2 Å². The SMILES string of the molecule is COc1cc(N2CC(CS(N)(=O)=O)CC2=O)ccc1NC(C)=O. The second-order valence-electron chi connectivity index (χ2n) is 5.47. The molecule has 8 nitrogen and oxygen atoms in total. The van der Waals surface area contributed by atoms with Crippen LogP contribution >= 0.6 is 0 Å². The number of methoxy groups -OCH3 is 1. The number of amides is 2. The van der Waals surface area contributed by atoms with Gasteiger partial charge in [0.05, 0.1) is 18.6 Å². The van der Waals surface area contributed by atoms with Crippen LogP contribution in [0.1, 0.15) is 13.3 Å². The number of benzene rings is 1. The number of anilines is 2. The summed E-state index contributed by atoms with van der Waals surface area (Å²) in [6.07, 6.45) is 0.131. The molecule has 1 aromatic carbocycles. The van der Waals surface area contributed by atoms with Gasteiger partial charge in [0.15, 0.2) is 0 Å². The fourth-order valence-corrected chi connectivity index (χ4v) is 3.49. The quantitative estimate of drug-likeness (QED) is 0.798. The number of rotatable bonds is 5. The summed E-state index contributed by atoms with van der Waals surface area (Å²) in [7, 11) is -2.16. The largest absolute Gasteiger partial charge is 0.494 e. The zero-order valence-electron chi connectivity index (χ0n) is 12.9. The topological polar surface area (TPSA) is 119 Å². The minimum Gasteiger partial charge on any atom is -0.494 e. The van der Waals surface area contributed by atoms with Gasteiger partial charge in [0, 0.05) is 37.6 Å². The number of nitrogens with two attached hydrogens (primary N) is 1. The molecule has 1 unspecified atom stereocenters. The molecule has 9 heteroatoms. The van der Waals surface area contributed by atoms with Gasteiger partial charge in [0.1, 0.15) is 5.75 Å². The van der Waals surface area contributed by atoms with E-state index in [2.05, 4.69) is 5.32 Å². The van der Waals surface area contributed by atoms with Gasteiger partial charge in [0.25, 0.3) is 0 Å². The average Bonchev–Trinajstić information content (AvgIpc) is 2.77. The predicted octanol–water partition coefficient (Wildman–Crippen LogP) is 0.295. The molecule has 23 heavy (non-hydrogen) atoms. The fourth-order valence-electron chi connectivity index (χ4n) is 2.61. The molecule has 0 bridgehead atoms. The highest BCUT2D eigenvalue weighted by atomic mass is 32.2. The van der Waals surface area contributed by atoms with E-state index in [9.17, 15) is 18.0 Å². The third kappa shape index (κ3) is 4.42. The van der Waals surface area contributed by atoms with Crippen LogP contribution in [0.5, 0.6) is 5.75 Å². The van der Waals surface area contributed by atoms with E-state index in [0.717, 1.165) is 0 Å². The maximum absolute atomic E-state index is 12.1. The Morgan fingerprint density at radius 2 is 2.17 bits per heavy atom. The number of hydrogen-bond acceptors (Lipinski definition) is 5. The molecular weight excluding hydrogens is 322 g/mol. The Balaban J connectivity index is 2.21. The van der Waals surface area contributed by atoms with Gasteiger partial charge in [-0.15, -0.1) is 0 Å². The Hall–Kier alpha value is -2.13. The highest BCUT2D eigenvalue weighted by Crippen LogP contribution is 2.33. The smallest absolute Gasteiger partial charge is 0.227 e. The zero-order chi connectivity index (χ0) is 17.2. The van der Waals surface area contributed by atoms with Crippen LogP contribution in [0, 0.1) is 5.92 Å².